The fourth-order valence-electron chi connectivity index (χ4n) is 3.37. The molecule has 2 saturated heterocycles. The smallest absolute Gasteiger partial charge is 0.185 e. The van der Waals surface area contributed by atoms with Crippen LogP contribution in [-0.2, 0) is 27.4 Å². The van der Waals surface area contributed by atoms with Gasteiger partial charge in [0.05, 0.1) is 24.1 Å². The molecule has 0 amide bonds. The summed E-state index contributed by atoms with van der Waals surface area (Å²) < 4.78 is 18.0. The predicted octanol–water partition coefficient (Wildman–Crippen LogP) is 3.25. The Bertz CT molecular complexity index is 612. The molecule has 2 aromatic rings. The first kappa shape index (κ1) is 17.2. The van der Waals surface area contributed by atoms with E-state index in [1.54, 1.807) is 0 Å². The van der Waals surface area contributed by atoms with Crippen molar-refractivity contribution < 1.29 is 14.2 Å². The van der Waals surface area contributed by atoms with Gasteiger partial charge in [-0.2, -0.15) is 0 Å². The van der Waals surface area contributed by atoms with Crippen LogP contribution in [0.2, 0.25) is 0 Å². The molecule has 0 spiro atoms. The zero-order valence-electron chi connectivity index (χ0n) is 13.9. The molecule has 0 aliphatic carbocycles. The van der Waals surface area contributed by atoms with E-state index in [9.17, 15) is 0 Å². The lowest BCUT2D eigenvalue weighted by atomic mass is 10.0. The highest BCUT2D eigenvalue weighted by molar-refractivity contribution is 9.09. The molecule has 0 aromatic heterocycles. The molecule has 2 aliphatic heterocycles. The maximum Gasteiger partial charge on any atom is 0.185 e. The van der Waals surface area contributed by atoms with E-state index in [-0.39, 0.29) is 29.4 Å². The number of alkyl halides is 1. The average Bonchev–Trinajstić information content (AvgIpc) is 3.09. The minimum atomic E-state index is -0.298. The van der Waals surface area contributed by atoms with Crippen LogP contribution in [0.15, 0.2) is 60.7 Å². The monoisotopic (exact) mass is 403 g/mol. The molecular weight excluding hydrogens is 382 g/mol. The van der Waals surface area contributed by atoms with Crippen molar-refractivity contribution in [2.24, 2.45) is 0 Å². The third-order valence-corrected chi connectivity index (χ3v) is 5.82. The van der Waals surface area contributed by atoms with Gasteiger partial charge in [0, 0.05) is 6.54 Å². The van der Waals surface area contributed by atoms with Crippen molar-refractivity contribution in [3.05, 3.63) is 71.8 Å². The van der Waals surface area contributed by atoms with Crippen molar-refractivity contribution in [2.75, 3.05) is 6.61 Å². The first-order valence-electron chi connectivity index (χ1n) is 8.65. The van der Waals surface area contributed by atoms with E-state index in [1.807, 2.05) is 24.3 Å². The Kier molecular flexibility index (Phi) is 5.48. The Hall–Kier alpha value is -1.24. The number of rotatable bonds is 6. The number of benzene rings is 2. The van der Waals surface area contributed by atoms with Crippen LogP contribution in [0.1, 0.15) is 11.1 Å². The normalized spacial score (nSPS) is 31.2. The molecular formula is C20H22BrNO3. The molecule has 2 aliphatic rings. The molecule has 2 fully saturated rings. The molecule has 0 radical (unpaired) electrons. The number of fused-ring (bicyclic) bond motifs is 2. The molecule has 2 heterocycles. The van der Waals surface area contributed by atoms with E-state index >= 15 is 0 Å². The first-order chi connectivity index (χ1) is 12.3. The van der Waals surface area contributed by atoms with Gasteiger partial charge in [0.2, 0.25) is 0 Å². The van der Waals surface area contributed by atoms with Gasteiger partial charge in [-0.05, 0) is 11.1 Å². The quantitative estimate of drug-likeness (QED) is 0.751. The zero-order valence-corrected chi connectivity index (χ0v) is 15.5. The molecule has 4 rings (SSSR count). The van der Waals surface area contributed by atoms with Crippen LogP contribution in [-0.4, -0.2) is 36.0 Å². The standard InChI is InChI=1S/C20H22BrNO3/c21-17-18(22-11-14-7-3-1-4-8-14)16-13-24-20(25-16)19(17)23-12-15-9-5-2-6-10-15/h1-10,16-20,22H,11-13H2/t16-,17+,18-,19-,20-/m1/s1. The van der Waals surface area contributed by atoms with Gasteiger partial charge in [-0.1, -0.05) is 76.6 Å². The summed E-state index contributed by atoms with van der Waals surface area (Å²) in [7, 11) is 0. The fraction of sp³-hybridized carbons (Fsp3) is 0.400. The summed E-state index contributed by atoms with van der Waals surface area (Å²) in [6.07, 6.45) is -0.394. The second-order valence-electron chi connectivity index (χ2n) is 6.47. The number of ether oxygens (including phenoxy) is 3. The summed E-state index contributed by atoms with van der Waals surface area (Å²) in [6, 6.07) is 20.7. The summed E-state index contributed by atoms with van der Waals surface area (Å²) in [5, 5.41) is 3.61. The van der Waals surface area contributed by atoms with Gasteiger partial charge < -0.3 is 19.5 Å². The van der Waals surface area contributed by atoms with Crippen LogP contribution in [0.5, 0.6) is 0 Å². The number of nitrogens with one attached hydrogen (secondary N) is 1. The van der Waals surface area contributed by atoms with Gasteiger partial charge in [-0.15, -0.1) is 0 Å². The van der Waals surface area contributed by atoms with Gasteiger partial charge in [-0.25, -0.2) is 0 Å². The van der Waals surface area contributed by atoms with Crippen molar-refractivity contribution in [1.82, 2.24) is 5.32 Å². The summed E-state index contributed by atoms with van der Waals surface area (Å²) >= 11 is 3.84. The highest BCUT2D eigenvalue weighted by Gasteiger charge is 2.50. The van der Waals surface area contributed by atoms with Gasteiger partial charge in [0.25, 0.3) is 0 Å². The number of halogens is 1. The second kappa shape index (κ2) is 7.98. The molecule has 5 heteroatoms. The molecule has 2 aromatic carbocycles. The van der Waals surface area contributed by atoms with E-state index in [0.29, 0.717) is 13.2 Å². The first-order valence-corrected chi connectivity index (χ1v) is 9.57. The van der Waals surface area contributed by atoms with Crippen molar-refractivity contribution in [3.8, 4) is 0 Å². The van der Waals surface area contributed by atoms with E-state index in [1.165, 1.54) is 5.56 Å². The Morgan fingerprint density at radius 3 is 2.40 bits per heavy atom. The third kappa shape index (κ3) is 3.96. The van der Waals surface area contributed by atoms with E-state index in [0.717, 1.165) is 12.1 Å². The van der Waals surface area contributed by atoms with Crippen molar-refractivity contribution in [2.45, 2.75) is 42.5 Å². The maximum atomic E-state index is 6.16. The lowest BCUT2D eigenvalue weighted by Gasteiger charge is -2.38. The lowest BCUT2D eigenvalue weighted by molar-refractivity contribution is -0.179. The van der Waals surface area contributed by atoms with E-state index in [2.05, 4.69) is 57.6 Å². The van der Waals surface area contributed by atoms with Crippen molar-refractivity contribution >= 4 is 15.9 Å². The second-order valence-corrected chi connectivity index (χ2v) is 7.53. The average molecular weight is 404 g/mol. The SMILES string of the molecule is Br[C@H]1[C@H](NCc2ccccc2)[C@H]2CO[C@H](O2)[C@@H]1OCc1ccccc1. The zero-order chi connectivity index (χ0) is 17.1. The van der Waals surface area contributed by atoms with Crippen LogP contribution in [0.3, 0.4) is 0 Å². The van der Waals surface area contributed by atoms with Crippen molar-refractivity contribution in [3.63, 3.8) is 0 Å². The number of hydrogen-bond acceptors (Lipinski definition) is 4. The topological polar surface area (TPSA) is 39.7 Å². The summed E-state index contributed by atoms with van der Waals surface area (Å²) in [4.78, 5) is 0.131. The highest BCUT2D eigenvalue weighted by Crippen LogP contribution is 2.34. The van der Waals surface area contributed by atoms with Gasteiger partial charge in [0.1, 0.15) is 12.2 Å². The number of hydrogen-bond donors (Lipinski definition) is 1. The lowest BCUT2D eigenvalue weighted by Crippen LogP contribution is -2.57. The van der Waals surface area contributed by atoms with Gasteiger partial charge in [0.15, 0.2) is 6.29 Å². The predicted molar refractivity (Wildman–Crippen MR) is 99.4 cm³/mol. The maximum absolute atomic E-state index is 6.16. The molecule has 132 valence electrons. The highest BCUT2D eigenvalue weighted by atomic mass is 79.9. The molecule has 0 saturated carbocycles. The molecule has 4 nitrogen and oxygen atoms in total. The minimum Gasteiger partial charge on any atom is -0.367 e. The van der Waals surface area contributed by atoms with Gasteiger partial charge >= 0.3 is 0 Å². The minimum absolute atomic E-state index is 0.0506. The summed E-state index contributed by atoms with van der Waals surface area (Å²) in [5.41, 5.74) is 2.40. The van der Waals surface area contributed by atoms with Crippen LogP contribution in [0, 0.1) is 0 Å². The van der Waals surface area contributed by atoms with E-state index < -0.39 is 0 Å². The van der Waals surface area contributed by atoms with Crippen LogP contribution < -0.4 is 5.32 Å². The summed E-state index contributed by atoms with van der Waals surface area (Å²) in [5.74, 6) is 0. The molecule has 2 bridgehead atoms. The van der Waals surface area contributed by atoms with Crippen molar-refractivity contribution in [1.29, 1.82) is 0 Å². The fourth-order valence-corrected chi connectivity index (χ4v) is 4.30. The molecule has 0 unspecified atom stereocenters. The molecule has 25 heavy (non-hydrogen) atoms. The molecule has 5 atom stereocenters. The Morgan fingerprint density at radius 1 is 1.00 bits per heavy atom. The van der Waals surface area contributed by atoms with Crippen LogP contribution in [0.25, 0.3) is 0 Å². The van der Waals surface area contributed by atoms with Crippen LogP contribution in [0.4, 0.5) is 0 Å². The Balaban J connectivity index is 1.40. The summed E-state index contributed by atoms with van der Waals surface area (Å²) in [6.45, 7) is 1.95. The third-order valence-electron chi connectivity index (χ3n) is 4.73. The van der Waals surface area contributed by atoms with Crippen LogP contribution >= 0.6 is 15.9 Å². The van der Waals surface area contributed by atoms with Gasteiger partial charge in [-0.3, -0.25) is 0 Å². The Labute approximate surface area is 156 Å². The molecule has 1 N–H and O–H groups in total. The largest absolute Gasteiger partial charge is 0.367 e. The Morgan fingerprint density at radius 2 is 1.68 bits per heavy atom. The van der Waals surface area contributed by atoms with E-state index in [4.69, 9.17) is 14.2 Å².